The number of benzene rings is 2. The number of halogens is 5. The minimum absolute atomic E-state index is 0. The van der Waals surface area contributed by atoms with E-state index >= 15 is 0 Å². The zero-order valence-electron chi connectivity index (χ0n) is 18.5. The Hall–Kier alpha value is -3.25. The minimum atomic E-state index is -4.59. The van der Waals surface area contributed by atoms with Crippen LogP contribution < -0.4 is 15.5 Å². The molecule has 35 heavy (non-hydrogen) atoms. The van der Waals surface area contributed by atoms with Crippen molar-refractivity contribution in [3.05, 3.63) is 59.9 Å². The lowest BCUT2D eigenvalue weighted by Crippen LogP contribution is -2.63. The van der Waals surface area contributed by atoms with Gasteiger partial charge in [0.25, 0.3) is 0 Å². The Morgan fingerprint density at radius 2 is 1.80 bits per heavy atom. The molecule has 1 unspecified atom stereocenters. The molecule has 1 aromatic heterocycles. The molecule has 3 aromatic rings. The molecule has 1 saturated carbocycles. The van der Waals surface area contributed by atoms with Crippen molar-refractivity contribution in [2.24, 2.45) is 0 Å². The van der Waals surface area contributed by atoms with E-state index in [1.54, 1.807) is 6.07 Å². The van der Waals surface area contributed by atoms with Crippen molar-refractivity contribution in [2.75, 3.05) is 29.9 Å². The third kappa shape index (κ3) is 4.94. The van der Waals surface area contributed by atoms with Crippen LogP contribution in [0.3, 0.4) is 0 Å². The quantitative estimate of drug-likeness (QED) is 0.459. The Labute approximate surface area is 199 Å². The van der Waals surface area contributed by atoms with Gasteiger partial charge in [-0.25, -0.2) is 13.5 Å². The van der Waals surface area contributed by atoms with Crippen molar-refractivity contribution in [1.82, 2.24) is 20.1 Å². The van der Waals surface area contributed by atoms with E-state index in [1.165, 1.54) is 6.33 Å². The van der Waals surface area contributed by atoms with Gasteiger partial charge in [0.2, 0.25) is 5.95 Å². The molecule has 2 heterocycles. The van der Waals surface area contributed by atoms with E-state index in [2.05, 4.69) is 20.7 Å². The SMILES string of the molecule is OC1(C2CN(c3cc(Nc4ncn(-c5cc(F)cc(F)c5)n4)cc(C(F)(F)F)c3)CCN2)CCC1.[HH]. The van der Waals surface area contributed by atoms with Crippen LogP contribution >= 0.6 is 0 Å². The van der Waals surface area contributed by atoms with Crippen LogP contribution in [0.25, 0.3) is 5.69 Å². The summed E-state index contributed by atoms with van der Waals surface area (Å²) >= 11 is 0. The number of nitrogens with one attached hydrogen (secondary N) is 2. The second-order valence-corrected chi connectivity index (χ2v) is 8.94. The summed E-state index contributed by atoms with van der Waals surface area (Å²) in [7, 11) is 0. The summed E-state index contributed by atoms with van der Waals surface area (Å²) in [5.41, 5.74) is -1.15. The highest BCUT2D eigenvalue weighted by molar-refractivity contribution is 5.65. The Balaban J connectivity index is 0.00000304. The number of alkyl halides is 3. The molecule has 0 amide bonds. The van der Waals surface area contributed by atoms with Crippen molar-refractivity contribution >= 4 is 17.3 Å². The largest absolute Gasteiger partial charge is 0.416 e. The number of hydrogen-bond acceptors (Lipinski definition) is 6. The van der Waals surface area contributed by atoms with E-state index in [4.69, 9.17) is 0 Å². The Bertz CT molecular complexity index is 1210. The fourth-order valence-electron chi connectivity index (χ4n) is 4.51. The van der Waals surface area contributed by atoms with Gasteiger partial charge in [0.1, 0.15) is 18.0 Å². The maximum atomic E-state index is 13.7. The molecule has 3 N–H and O–H groups in total. The molecular weight excluding hydrogens is 471 g/mol. The third-order valence-electron chi connectivity index (χ3n) is 6.51. The van der Waals surface area contributed by atoms with Gasteiger partial charge < -0.3 is 20.6 Å². The van der Waals surface area contributed by atoms with Crippen LogP contribution in [-0.2, 0) is 6.18 Å². The highest BCUT2D eigenvalue weighted by atomic mass is 19.4. The van der Waals surface area contributed by atoms with Crippen LogP contribution in [0.2, 0.25) is 0 Å². The molecule has 1 atom stereocenters. The van der Waals surface area contributed by atoms with Gasteiger partial charge in [0.15, 0.2) is 0 Å². The average molecular weight is 496 g/mol. The molecule has 1 aliphatic heterocycles. The molecule has 5 rings (SSSR count). The summed E-state index contributed by atoms with van der Waals surface area (Å²) in [5.74, 6) is -1.64. The molecule has 2 aliphatic rings. The second kappa shape index (κ2) is 8.76. The maximum Gasteiger partial charge on any atom is 0.416 e. The second-order valence-electron chi connectivity index (χ2n) is 8.94. The molecule has 0 spiro atoms. The van der Waals surface area contributed by atoms with Crippen LogP contribution in [0, 0.1) is 11.6 Å². The van der Waals surface area contributed by atoms with E-state index in [-0.39, 0.29) is 24.8 Å². The summed E-state index contributed by atoms with van der Waals surface area (Å²) in [4.78, 5) is 5.82. The van der Waals surface area contributed by atoms with Crippen LogP contribution in [0.1, 0.15) is 26.3 Å². The molecule has 0 radical (unpaired) electrons. The van der Waals surface area contributed by atoms with Gasteiger partial charge >= 0.3 is 6.18 Å². The van der Waals surface area contributed by atoms with Gasteiger partial charge in [-0.3, -0.25) is 0 Å². The highest BCUT2D eigenvalue weighted by Gasteiger charge is 2.44. The molecule has 1 saturated heterocycles. The first-order chi connectivity index (χ1) is 16.6. The van der Waals surface area contributed by atoms with Crippen molar-refractivity contribution in [3.63, 3.8) is 0 Å². The van der Waals surface area contributed by atoms with Crippen LogP contribution in [0.15, 0.2) is 42.7 Å². The van der Waals surface area contributed by atoms with Gasteiger partial charge in [-0.1, -0.05) is 0 Å². The van der Waals surface area contributed by atoms with Crippen molar-refractivity contribution in [1.29, 1.82) is 0 Å². The first-order valence-electron chi connectivity index (χ1n) is 11.2. The third-order valence-corrected chi connectivity index (χ3v) is 6.51. The lowest BCUT2D eigenvalue weighted by Gasteiger charge is -2.48. The fourth-order valence-corrected chi connectivity index (χ4v) is 4.51. The number of hydrogen-bond donors (Lipinski definition) is 3. The van der Waals surface area contributed by atoms with E-state index in [0.29, 0.717) is 44.2 Å². The zero-order chi connectivity index (χ0) is 24.8. The number of piperazine rings is 1. The van der Waals surface area contributed by atoms with Crippen molar-refractivity contribution < 1.29 is 28.5 Å². The smallest absolute Gasteiger partial charge is 0.388 e. The first-order valence-corrected chi connectivity index (χ1v) is 11.2. The molecule has 0 bridgehead atoms. The summed E-state index contributed by atoms with van der Waals surface area (Å²) in [6.45, 7) is 1.38. The average Bonchev–Trinajstić information content (AvgIpc) is 3.24. The number of aliphatic hydroxyl groups is 1. The number of nitrogens with zero attached hydrogens (tertiary/aromatic N) is 4. The normalized spacial score (nSPS) is 19.9. The Morgan fingerprint density at radius 1 is 1.06 bits per heavy atom. The monoisotopic (exact) mass is 496 g/mol. The lowest BCUT2D eigenvalue weighted by molar-refractivity contribution is -0.137. The highest BCUT2D eigenvalue weighted by Crippen LogP contribution is 2.38. The topological polar surface area (TPSA) is 78.2 Å². The van der Waals surface area contributed by atoms with E-state index in [9.17, 15) is 27.1 Å². The summed E-state index contributed by atoms with van der Waals surface area (Å²) in [6.07, 6.45) is -1.13. The number of aromatic nitrogens is 3. The predicted molar refractivity (Wildman–Crippen MR) is 121 cm³/mol. The molecular formula is C23H25F5N6O. The molecule has 188 valence electrons. The number of rotatable bonds is 5. The van der Waals surface area contributed by atoms with Gasteiger partial charge in [-0.15, -0.1) is 5.10 Å². The van der Waals surface area contributed by atoms with Crippen molar-refractivity contribution in [2.45, 2.75) is 37.1 Å². The number of anilines is 3. The summed E-state index contributed by atoms with van der Waals surface area (Å²) < 4.78 is 69.2. The Kier molecular flexibility index (Phi) is 5.88. The summed E-state index contributed by atoms with van der Waals surface area (Å²) in [6, 6.07) is 6.19. The first kappa shape index (κ1) is 23.5. The van der Waals surface area contributed by atoms with Crippen LogP contribution in [0.5, 0.6) is 0 Å². The Morgan fingerprint density at radius 3 is 2.46 bits per heavy atom. The van der Waals surface area contributed by atoms with Crippen LogP contribution in [-0.4, -0.2) is 51.1 Å². The van der Waals surface area contributed by atoms with Gasteiger partial charge in [-0.2, -0.15) is 18.2 Å². The standard InChI is InChI=1S/C23H23F5N6O.H2/c24-15-8-16(25)10-19(9-15)34-13-30-21(32-34)31-17-6-14(23(26,27)28)7-18(11-17)33-5-4-29-20(12-33)22(35)2-1-3-22;/h6-11,13,20,29,35H,1-5,12H2,(H,31,32);1H. The van der Waals surface area contributed by atoms with Crippen LogP contribution in [0.4, 0.5) is 39.3 Å². The molecule has 12 heteroatoms. The van der Waals surface area contributed by atoms with E-state index in [0.717, 1.165) is 35.4 Å². The van der Waals surface area contributed by atoms with E-state index < -0.39 is 29.0 Å². The molecule has 2 fully saturated rings. The lowest BCUT2D eigenvalue weighted by atomic mass is 9.74. The molecule has 2 aromatic carbocycles. The van der Waals surface area contributed by atoms with E-state index in [1.807, 2.05) is 4.90 Å². The maximum absolute atomic E-state index is 13.7. The van der Waals surface area contributed by atoms with Gasteiger partial charge in [-0.05, 0) is 49.6 Å². The zero-order valence-corrected chi connectivity index (χ0v) is 18.5. The van der Waals surface area contributed by atoms with Gasteiger partial charge in [0.05, 0.1) is 22.9 Å². The predicted octanol–water partition coefficient (Wildman–Crippen LogP) is 4.25. The molecule has 1 aliphatic carbocycles. The minimum Gasteiger partial charge on any atom is -0.388 e. The summed E-state index contributed by atoms with van der Waals surface area (Å²) in [5, 5.41) is 20.8. The van der Waals surface area contributed by atoms with Gasteiger partial charge in [0, 0.05) is 38.5 Å². The molecule has 7 nitrogen and oxygen atoms in total. The fraction of sp³-hybridized carbons (Fsp3) is 0.391. The van der Waals surface area contributed by atoms with Crippen molar-refractivity contribution in [3.8, 4) is 5.69 Å².